The van der Waals surface area contributed by atoms with Crippen LogP contribution in [0.2, 0.25) is 0 Å². The smallest absolute Gasteiger partial charge is 0.218 e. The standard InChI is InChI=1S/C45H25N5/c1-48-45-33(14-9-19-43(45)50-40-17-7-4-13-36(40)37-26-29(27-46)20-25-41(37)50)30-21-23-31(24-22-30)44-32(28-47)10-8-18-42(44)49-38-15-5-2-11-34(38)35-12-3-6-16-39(35)49/h2-26H. The van der Waals surface area contributed by atoms with Gasteiger partial charge in [0, 0.05) is 27.1 Å². The quantitative estimate of drug-likeness (QED) is 0.181. The Morgan fingerprint density at radius 1 is 0.480 bits per heavy atom. The van der Waals surface area contributed by atoms with E-state index in [-0.39, 0.29) is 0 Å². The third kappa shape index (κ3) is 4.24. The van der Waals surface area contributed by atoms with Gasteiger partial charge >= 0.3 is 0 Å². The van der Waals surface area contributed by atoms with Crippen LogP contribution in [0.25, 0.3) is 82.1 Å². The third-order valence-corrected chi connectivity index (χ3v) is 9.64. The van der Waals surface area contributed by atoms with Crippen molar-refractivity contribution in [2.75, 3.05) is 0 Å². The summed E-state index contributed by atoms with van der Waals surface area (Å²) in [5, 5.41) is 24.2. The van der Waals surface area contributed by atoms with Crippen LogP contribution in [0, 0.1) is 29.2 Å². The first kappa shape index (κ1) is 28.8. The van der Waals surface area contributed by atoms with Crippen molar-refractivity contribution in [2.24, 2.45) is 0 Å². The molecule has 0 atom stereocenters. The Kier molecular flexibility index (Phi) is 6.56. The Hall–Kier alpha value is -7.39. The zero-order chi connectivity index (χ0) is 33.8. The number of hydrogen-bond donors (Lipinski definition) is 0. The van der Waals surface area contributed by atoms with Gasteiger partial charge in [-0.15, -0.1) is 0 Å². The molecule has 7 aromatic carbocycles. The fourth-order valence-electron chi connectivity index (χ4n) is 7.49. The molecule has 0 aliphatic heterocycles. The molecule has 0 amide bonds. The van der Waals surface area contributed by atoms with E-state index in [1.165, 1.54) is 0 Å². The Labute approximate surface area is 288 Å². The number of para-hydroxylation sites is 4. The van der Waals surface area contributed by atoms with Gasteiger partial charge in [0.05, 0.1) is 63.3 Å². The van der Waals surface area contributed by atoms with Gasteiger partial charge in [0.15, 0.2) is 0 Å². The average molecular weight is 636 g/mol. The maximum Gasteiger partial charge on any atom is 0.218 e. The maximum atomic E-state index is 10.3. The SMILES string of the molecule is [C-]#[N+]c1c(-c2ccc(-c3c(C#N)cccc3-n3c4ccccc4c4ccccc43)cc2)cccc1-n1c2ccccc2c2cc(C#N)ccc21. The van der Waals surface area contributed by atoms with E-state index in [0.29, 0.717) is 16.8 Å². The zero-order valence-electron chi connectivity index (χ0n) is 26.7. The maximum absolute atomic E-state index is 10.3. The summed E-state index contributed by atoms with van der Waals surface area (Å²) in [6, 6.07) is 55.3. The molecule has 50 heavy (non-hydrogen) atoms. The monoisotopic (exact) mass is 635 g/mol. The number of rotatable bonds is 4. The van der Waals surface area contributed by atoms with Crippen LogP contribution in [0.4, 0.5) is 5.69 Å². The van der Waals surface area contributed by atoms with E-state index >= 15 is 0 Å². The first-order valence-corrected chi connectivity index (χ1v) is 16.3. The van der Waals surface area contributed by atoms with Crippen molar-refractivity contribution < 1.29 is 0 Å². The molecule has 0 aliphatic carbocycles. The van der Waals surface area contributed by atoms with E-state index in [4.69, 9.17) is 6.57 Å². The van der Waals surface area contributed by atoms with Gasteiger partial charge in [-0.2, -0.15) is 10.5 Å². The molecule has 0 bridgehead atoms. The van der Waals surface area contributed by atoms with Crippen LogP contribution in [0.5, 0.6) is 0 Å². The van der Waals surface area contributed by atoms with E-state index in [1.807, 2.05) is 97.1 Å². The molecular weight excluding hydrogens is 611 g/mol. The molecule has 230 valence electrons. The zero-order valence-corrected chi connectivity index (χ0v) is 26.7. The van der Waals surface area contributed by atoms with Crippen LogP contribution in [0.15, 0.2) is 152 Å². The molecule has 0 spiro atoms. The number of nitrogens with zero attached hydrogens (tertiary/aromatic N) is 5. The molecule has 0 saturated carbocycles. The Morgan fingerprint density at radius 3 is 1.64 bits per heavy atom. The van der Waals surface area contributed by atoms with Gasteiger partial charge in [0.25, 0.3) is 0 Å². The van der Waals surface area contributed by atoms with Crippen molar-refractivity contribution in [2.45, 2.75) is 0 Å². The summed E-state index contributed by atoms with van der Waals surface area (Å²) in [5.74, 6) is 0. The highest BCUT2D eigenvalue weighted by molar-refractivity contribution is 6.11. The number of nitriles is 2. The van der Waals surface area contributed by atoms with Gasteiger partial charge < -0.3 is 9.13 Å². The van der Waals surface area contributed by atoms with Gasteiger partial charge in [-0.3, -0.25) is 0 Å². The van der Waals surface area contributed by atoms with E-state index in [9.17, 15) is 10.5 Å². The van der Waals surface area contributed by atoms with Crippen molar-refractivity contribution in [1.29, 1.82) is 10.5 Å². The minimum atomic E-state index is 0.538. The highest BCUT2D eigenvalue weighted by Crippen LogP contribution is 2.42. The van der Waals surface area contributed by atoms with Crippen molar-refractivity contribution in [1.82, 2.24) is 9.13 Å². The lowest BCUT2D eigenvalue weighted by atomic mass is 9.95. The van der Waals surface area contributed by atoms with Crippen LogP contribution in [-0.2, 0) is 0 Å². The highest BCUT2D eigenvalue weighted by Gasteiger charge is 2.20. The Bertz CT molecular complexity index is 2900. The summed E-state index contributed by atoms with van der Waals surface area (Å²) >= 11 is 0. The van der Waals surface area contributed by atoms with Crippen LogP contribution < -0.4 is 0 Å². The lowest BCUT2D eigenvalue weighted by Crippen LogP contribution is -1.99. The first-order valence-electron chi connectivity index (χ1n) is 16.3. The van der Waals surface area contributed by atoms with Crippen LogP contribution in [0.3, 0.4) is 0 Å². The lowest BCUT2D eigenvalue weighted by Gasteiger charge is -2.16. The minimum absolute atomic E-state index is 0.538. The fraction of sp³-hybridized carbons (Fsp3) is 0. The molecule has 5 nitrogen and oxygen atoms in total. The molecule has 0 aliphatic rings. The molecule has 0 radical (unpaired) electrons. The summed E-state index contributed by atoms with van der Waals surface area (Å²) in [6.07, 6.45) is 0. The summed E-state index contributed by atoms with van der Waals surface area (Å²) < 4.78 is 4.37. The van der Waals surface area contributed by atoms with Gasteiger partial charge in [0.1, 0.15) is 0 Å². The molecule has 2 heterocycles. The van der Waals surface area contributed by atoms with Crippen LogP contribution >= 0.6 is 0 Å². The Balaban J connectivity index is 1.21. The van der Waals surface area contributed by atoms with Gasteiger partial charge in [-0.05, 0) is 71.3 Å². The largest absolute Gasteiger partial charge is 0.319 e. The summed E-state index contributed by atoms with van der Waals surface area (Å²) in [7, 11) is 0. The number of aromatic nitrogens is 2. The summed E-state index contributed by atoms with van der Waals surface area (Å²) in [5.41, 5.74) is 11.0. The fourth-order valence-corrected chi connectivity index (χ4v) is 7.49. The molecule has 0 unspecified atom stereocenters. The first-order chi connectivity index (χ1) is 24.7. The predicted molar refractivity (Wildman–Crippen MR) is 202 cm³/mol. The van der Waals surface area contributed by atoms with Gasteiger partial charge in [0.2, 0.25) is 5.69 Å². The Morgan fingerprint density at radius 2 is 1.02 bits per heavy atom. The molecule has 9 rings (SSSR count). The van der Waals surface area contributed by atoms with Crippen LogP contribution in [-0.4, -0.2) is 9.13 Å². The highest BCUT2D eigenvalue weighted by atomic mass is 15.0. The number of hydrogen-bond acceptors (Lipinski definition) is 2. The third-order valence-electron chi connectivity index (χ3n) is 9.64. The summed E-state index contributed by atoms with van der Waals surface area (Å²) in [6.45, 7) is 8.36. The van der Waals surface area contributed by atoms with E-state index in [2.05, 4.69) is 80.7 Å². The molecule has 0 fully saturated rings. The van der Waals surface area contributed by atoms with Gasteiger partial charge in [-0.25, -0.2) is 4.85 Å². The summed E-state index contributed by atoms with van der Waals surface area (Å²) in [4.78, 5) is 4.09. The normalized spacial score (nSPS) is 11.1. The number of benzene rings is 7. The predicted octanol–water partition coefficient (Wildman–Crippen LogP) is 11.5. The minimum Gasteiger partial charge on any atom is -0.319 e. The van der Waals surface area contributed by atoms with E-state index < -0.39 is 0 Å². The lowest BCUT2D eigenvalue weighted by molar-refractivity contribution is 1.18. The van der Waals surface area contributed by atoms with Crippen LogP contribution in [0.1, 0.15) is 11.1 Å². The molecule has 9 aromatic rings. The van der Waals surface area contributed by atoms with E-state index in [1.54, 1.807) is 0 Å². The van der Waals surface area contributed by atoms with E-state index in [0.717, 1.165) is 77.2 Å². The molecule has 0 N–H and O–H groups in total. The molecule has 2 aromatic heterocycles. The average Bonchev–Trinajstić information content (AvgIpc) is 3.69. The second-order valence-electron chi connectivity index (χ2n) is 12.2. The van der Waals surface area contributed by atoms with Crippen molar-refractivity contribution in [3.05, 3.63) is 174 Å². The molecule has 5 heteroatoms. The van der Waals surface area contributed by atoms with Crippen molar-refractivity contribution in [3.8, 4) is 45.8 Å². The van der Waals surface area contributed by atoms with Crippen molar-refractivity contribution >= 4 is 49.3 Å². The van der Waals surface area contributed by atoms with Crippen molar-refractivity contribution in [3.63, 3.8) is 0 Å². The van der Waals surface area contributed by atoms with Gasteiger partial charge in [-0.1, -0.05) is 97.1 Å². The molecule has 0 saturated heterocycles. The second-order valence-corrected chi connectivity index (χ2v) is 12.2. The molecular formula is C45H25N5. The second kappa shape index (κ2) is 11.4. The topological polar surface area (TPSA) is 61.8 Å². The number of fused-ring (bicyclic) bond motifs is 6.